The Morgan fingerprint density at radius 3 is 2.77 bits per heavy atom. The van der Waals surface area contributed by atoms with Gasteiger partial charge in [-0.2, -0.15) is 10.4 Å². The molecule has 0 aliphatic rings. The lowest BCUT2D eigenvalue weighted by molar-refractivity contribution is 0.475. The van der Waals surface area contributed by atoms with E-state index in [1.807, 2.05) is 6.07 Å². The van der Waals surface area contributed by atoms with E-state index < -0.39 is 0 Å². The van der Waals surface area contributed by atoms with E-state index in [0.717, 1.165) is 16.9 Å². The summed E-state index contributed by atoms with van der Waals surface area (Å²) in [6.45, 7) is 0. The summed E-state index contributed by atoms with van der Waals surface area (Å²) >= 11 is 0.974. The Labute approximate surface area is 129 Å². The third-order valence-corrected chi connectivity index (χ3v) is 3.23. The molecule has 4 N–H and O–H groups in total. The lowest BCUT2D eigenvalue weighted by Crippen LogP contribution is -2.16. The SMILES string of the molecule is N#CCC(=N)c1nnc(N/N=C/c2ccc(O)cc2)sc1=N. The van der Waals surface area contributed by atoms with E-state index >= 15 is 0 Å². The number of nitrogens with one attached hydrogen (secondary N) is 3. The Morgan fingerprint density at radius 1 is 1.41 bits per heavy atom. The van der Waals surface area contributed by atoms with Crippen molar-refractivity contribution < 1.29 is 5.11 Å². The maximum absolute atomic E-state index is 9.16. The van der Waals surface area contributed by atoms with Crippen LogP contribution in [0.4, 0.5) is 5.13 Å². The molecular weight excluding hydrogens is 302 g/mol. The second-order valence-corrected chi connectivity index (χ2v) is 5.06. The molecule has 0 saturated carbocycles. The van der Waals surface area contributed by atoms with Gasteiger partial charge in [-0.25, -0.2) is 0 Å². The van der Waals surface area contributed by atoms with Crippen LogP contribution in [0.1, 0.15) is 17.7 Å². The molecule has 0 aliphatic heterocycles. The zero-order chi connectivity index (χ0) is 15.9. The highest BCUT2D eigenvalue weighted by Crippen LogP contribution is 2.09. The summed E-state index contributed by atoms with van der Waals surface area (Å²) in [5, 5.41) is 44.9. The van der Waals surface area contributed by atoms with Crippen LogP contribution in [0, 0.1) is 22.1 Å². The molecule has 0 radical (unpaired) electrons. The highest BCUT2D eigenvalue weighted by Gasteiger charge is 2.08. The van der Waals surface area contributed by atoms with Crippen molar-refractivity contribution in [3.8, 4) is 11.8 Å². The van der Waals surface area contributed by atoms with E-state index in [1.54, 1.807) is 24.3 Å². The molecule has 9 heteroatoms. The molecule has 2 rings (SSSR count). The summed E-state index contributed by atoms with van der Waals surface area (Å²) < 4.78 is 0.0394. The number of nitriles is 1. The molecule has 1 aromatic heterocycles. The van der Waals surface area contributed by atoms with E-state index in [1.165, 1.54) is 6.21 Å². The molecule has 0 spiro atoms. The number of rotatable bonds is 5. The topological polar surface area (TPSA) is 142 Å². The van der Waals surface area contributed by atoms with Crippen molar-refractivity contribution >= 4 is 28.4 Å². The van der Waals surface area contributed by atoms with Crippen LogP contribution in [0.15, 0.2) is 29.4 Å². The minimum absolute atomic E-state index is 0.0320. The van der Waals surface area contributed by atoms with Crippen LogP contribution < -0.4 is 10.1 Å². The lowest BCUT2D eigenvalue weighted by atomic mass is 10.2. The highest BCUT2D eigenvalue weighted by molar-refractivity contribution is 7.13. The van der Waals surface area contributed by atoms with Crippen molar-refractivity contribution in [3.05, 3.63) is 40.2 Å². The van der Waals surface area contributed by atoms with Gasteiger partial charge < -0.3 is 10.5 Å². The molecule has 0 bridgehead atoms. The number of hydrogen-bond acceptors (Lipinski definition) is 9. The lowest BCUT2D eigenvalue weighted by Gasteiger charge is -2.00. The fourth-order valence-corrected chi connectivity index (χ4v) is 2.07. The Balaban J connectivity index is 2.07. The third kappa shape index (κ3) is 3.94. The average Bonchev–Trinajstić information content (AvgIpc) is 2.49. The highest BCUT2D eigenvalue weighted by atomic mass is 32.1. The first-order valence-electron chi connectivity index (χ1n) is 6.05. The second kappa shape index (κ2) is 7.05. The molecule has 22 heavy (non-hydrogen) atoms. The van der Waals surface area contributed by atoms with Gasteiger partial charge in [0.1, 0.15) is 16.1 Å². The van der Waals surface area contributed by atoms with Crippen LogP contribution in [0.3, 0.4) is 0 Å². The largest absolute Gasteiger partial charge is 0.508 e. The predicted octanol–water partition coefficient (Wildman–Crippen LogP) is 1.45. The standard InChI is InChI=1S/C13H11N7OS/c14-6-5-10(15)11-12(16)22-13(20-18-11)19-17-7-8-1-3-9(21)4-2-8/h1-4,7,15-16,21H,5H2,(H,19,20)/b15-10?,16-12?,17-7+. The van der Waals surface area contributed by atoms with Gasteiger partial charge in [-0.3, -0.25) is 10.8 Å². The van der Waals surface area contributed by atoms with Crippen LogP contribution in [0.5, 0.6) is 5.75 Å². The van der Waals surface area contributed by atoms with Crippen LogP contribution >= 0.6 is 11.3 Å². The molecule has 1 aromatic carbocycles. The fraction of sp³-hybridized carbons (Fsp3) is 0.0769. The zero-order valence-corrected chi connectivity index (χ0v) is 12.1. The first-order valence-corrected chi connectivity index (χ1v) is 6.87. The summed E-state index contributed by atoms with van der Waals surface area (Å²) in [6.07, 6.45) is 1.42. The van der Waals surface area contributed by atoms with Crippen molar-refractivity contribution in [2.24, 2.45) is 5.10 Å². The Hall–Kier alpha value is -3.12. The zero-order valence-electron chi connectivity index (χ0n) is 11.2. The number of phenols is 1. The molecule has 0 aliphatic carbocycles. The molecule has 0 saturated heterocycles. The molecule has 0 atom stereocenters. The molecule has 110 valence electrons. The van der Waals surface area contributed by atoms with E-state index in [2.05, 4.69) is 20.7 Å². The number of aromatic hydroxyl groups is 1. The maximum atomic E-state index is 9.16. The van der Waals surface area contributed by atoms with E-state index in [0.29, 0.717) is 5.13 Å². The fourth-order valence-electron chi connectivity index (χ4n) is 1.43. The summed E-state index contributed by atoms with van der Waals surface area (Å²) in [5.41, 5.74) is 3.49. The van der Waals surface area contributed by atoms with E-state index in [9.17, 15) is 0 Å². The van der Waals surface area contributed by atoms with E-state index in [4.69, 9.17) is 21.2 Å². The normalized spacial score (nSPS) is 10.3. The van der Waals surface area contributed by atoms with Gasteiger partial charge in [0, 0.05) is 0 Å². The molecule has 0 fully saturated rings. The summed E-state index contributed by atoms with van der Waals surface area (Å²) in [4.78, 5) is 0. The molecule has 0 unspecified atom stereocenters. The van der Waals surface area contributed by atoms with Crippen molar-refractivity contribution in [1.82, 2.24) is 10.2 Å². The monoisotopic (exact) mass is 313 g/mol. The number of nitrogens with zero attached hydrogens (tertiary/aromatic N) is 4. The number of benzene rings is 1. The Kier molecular flexibility index (Phi) is 4.89. The number of anilines is 1. The summed E-state index contributed by atoms with van der Waals surface area (Å²) in [6, 6.07) is 8.31. The first kappa shape index (κ1) is 15.3. The van der Waals surface area contributed by atoms with Gasteiger partial charge >= 0.3 is 0 Å². The van der Waals surface area contributed by atoms with Gasteiger partial charge in [-0.1, -0.05) is 11.3 Å². The first-order chi connectivity index (χ1) is 10.6. The number of phenolic OH excluding ortho intramolecular Hbond substituents is 1. The summed E-state index contributed by atoms with van der Waals surface area (Å²) in [5.74, 6) is 0.174. The molecule has 8 nitrogen and oxygen atoms in total. The van der Waals surface area contributed by atoms with Crippen molar-refractivity contribution in [3.63, 3.8) is 0 Å². The molecule has 1 heterocycles. The Morgan fingerprint density at radius 2 is 2.14 bits per heavy atom. The quantitative estimate of drug-likeness (QED) is 0.488. The minimum atomic E-state index is -0.112. The number of hydrogen-bond donors (Lipinski definition) is 4. The number of aromatic nitrogens is 2. The third-order valence-electron chi connectivity index (χ3n) is 2.46. The number of hydrazone groups is 1. The van der Waals surface area contributed by atoms with Crippen molar-refractivity contribution in [1.29, 1.82) is 16.1 Å². The maximum Gasteiger partial charge on any atom is 0.226 e. The van der Waals surface area contributed by atoms with Crippen LogP contribution in [-0.2, 0) is 0 Å². The van der Waals surface area contributed by atoms with Crippen LogP contribution in [0.2, 0.25) is 0 Å². The van der Waals surface area contributed by atoms with Gasteiger partial charge in [-0.15, -0.1) is 10.2 Å². The van der Waals surface area contributed by atoms with Crippen molar-refractivity contribution in [2.45, 2.75) is 6.42 Å². The van der Waals surface area contributed by atoms with E-state index in [-0.39, 0.29) is 28.2 Å². The minimum Gasteiger partial charge on any atom is -0.508 e. The smallest absolute Gasteiger partial charge is 0.226 e. The van der Waals surface area contributed by atoms with Gasteiger partial charge in [0.15, 0.2) is 0 Å². The van der Waals surface area contributed by atoms with Gasteiger partial charge in [0.05, 0.1) is 24.4 Å². The van der Waals surface area contributed by atoms with Crippen LogP contribution in [-0.4, -0.2) is 27.2 Å². The van der Waals surface area contributed by atoms with Crippen molar-refractivity contribution in [2.75, 3.05) is 5.43 Å². The molecule has 0 amide bonds. The molecule has 2 aromatic rings. The average molecular weight is 313 g/mol. The van der Waals surface area contributed by atoms with Gasteiger partial charge in [0.25, 0.3) is 0 Å². The van der Waals surface area contributed by atoms with Gasteiger partial charge in [0.2, 0.25) is 5.13 Å². The van der Waals surface area contributed by atoms with Gasteiger partial charge in [-0.05, 0) is 29.8 Å². The van der Waals surface area contributed by atoms with Crippen LogP contribution in [0.25, 0.3) is 0 Å². The Bertz CT molecular complexity index is 804. The predicted molar refractivity (Wildman–Crippen MR) is 82.1 cm³/mol. The summed E-state index contributed by atoms with van der Waals surface area (Å²) in [7, 11) is 0. The second-order valence-electron chi connectivity index (χ2n) is 4.06. The molecular formula is C13H11N7OS.